The van der Waals surface area contributed by atoms with Crippen LogP contribution in [0.1, 0.15) is 29.3 Å². The van der Waals surface area contributed by atoms with E-state index in [1.807, 2.05) is 25.1 Å². The lowest BCUT2D eigenvalue weighted by Gasteiger charge is -2.18. The number of nitrogens with one attached hydrogen (secondary N) is 1. The van der Waals surface area contributed by atoms with Gasteiger partial charge in [0.15, 0.2) is 0 Å². The molecule has 1 aliphatic rings. The van der Waals surface area contributed by atoms with Gasteiger partial charge in [0.05, 0.1) is 6.10 Å². The Morgan fingerprint density at radius 1 is 1.58 bits per heavy atom. The Morgan fingerprint density at radius 3 is 2.95 bits per heavy atom. The van der Waals surface area contributed by atoms with Crippen LogP contribution in [0, 0.1) is 5.92 Å². The fraction of sp³-hybridized carbons (Fsp3) is 0.500. The van der Waals surface area contributed by atoms with E-state index in [0.717, 1.165) is 25.1 Å². The van der Waals surface area contributed by atoms with E-state index in [-0.39, 0.29) is 12.0 Å². The Morgan fingerprint density at radius 2 is 2.32 bits per heavy atom. The highest BCUT2D eigenvalue weighted by Gasteiger charge is 2.26. The minimum atomic E-state index is -0.271. The van der Waals surface area contributed by atoms with E-state index in [1.54, 1.807) is 6.07 Å². The number of carbonyl (C=O) groups excluding carboxylic acids is 1. The van der Waals surface area contributed by atoms with E-state index in [0.29, 0.717) is 18.0 Å². The van der Waals surface area contributed by atoms with Crippen LogP contribution >= 0.6 is 0 Å². The van der Waals surface area contributed by atoms with Gasteiger partial charge >= 0.3 is 0 Å². The molecule has 1 aromatic carbocycles. The van der Waals surface area contributed by atoms with Gasteiger partial charge in [0.1, 0.15) is 0 Å². The first-order chi connectivity index (χ1) is 9.11. The normalized spacial score (nSPS) is 21.3. The summed E-state index contributed by atoms with van der Waals surface area (Å²) >= 11 is 0. The molecule has 1 aromatic rings. The van der Waals surface area contributed by atoms with Gasteiger partial charge in [0.25, 0.3) is 5.91 Å². The van der Waals surface area contributed by atoms with Gasteiger partial charge in [-0.3, -0.25) is 15.1 Å². The summed E-state index contributed by atoms with van der Waals surface area (Å²) in [7, 11) is 0. The first-order valence-corrected chi connectivity index (χ1v) is 6.61. The lowest BCUT2D eigenvalue weighted by atomic mass is 10.0. The van der Waals surface area contributed by atoms with Gasteiger partial charge < -0.3 is 5.11 Å². The van der Waals surface area contributed by atoms with Gasteiger partial charge in [-0.15, -0.1) is 0 Å². The van der Waals surface area contributed by atoms with Crippen molar-refractivity contribution in [1.29, 1.82) is 0 Å². The summed E-state index contributed by atoms with van der Waals surface area (Å²) in [6.45, 7) is 4.38. The van der Waals surface area contributed by atoms with Crippen molar-refractivity contribution in [3.05, 3.63) is 35.4 Å². The second-order valence-corrected chi connectivity index (χ2v) is 5.16. The summed E-state index contributed by atoms with van der Waals surface area (Å²) in [6.07, 6.45) is 0.732. The molecule has 5 heteroatoms. The fourth-order valence-corrected chi connectivity index (χ4v) is 2.60. The number of nitrogens with zero attached hydrogens (tertiary/aromatic N) is 1. The zero-order chi connectivity index (χ0) is 13.8. The molecular formula is C14H21N3O2. The van der Waals surface area contributed by atoms with Crippen LogP contribution < -0.4 is 11.3 Å². The molecule has 1 amide bonds. The third-order valence-corrected chi connectivity index (χ3v) is 3.78. The number of carbonyl (C=O) groups is 1. The Labute approximate surface area is 113 Å². The van der Waals surface area contributed by atoms with Crippen molar-refractivity contribution >= 4 is 5.91 Å². The summed E-state index contributed by atoms with van der Waals surface area (Å²) in [5.74, 6) is 5.26. The predicted octanol–water partition coefficient (Wildman–Crippen LogP) is 0.493. The van der Waals surface area contributed by atoms with Gasteiger partial charge in [0, 0.05) is 18.7 Å². The maximum atomic E-state index is 11.7. The molecule has 2 rings (SSSR count). The number of rotatable bonds is 4. The summed E-state index contributed by atoms with van der Waals surface area (Å²) in [4.78, 5) is 13.9. The first-order valence-electron chi connectivity index (χ1n) is 6.61. The van der Waals surface area contributed by atoms with Crippen LogP contribution in [-0.4, -0.2) is 35.1 Å². The van der Waals surface area contributed by atoms with E-state index in [4.69, 9.17) is 5.84 Å². The van der Waals surface area contributed by atoms with Crippen LogP contribution in [0.25, 0.3) is 0 Å². The van der Waals surface area contributed by atoms with Gasteiger partial charge in [0.2, 0.25) is 0 Å². The highest BCUT2D eigenvalue weighted by Crippen LogP contribution is 2.22. The van der Waals surface area contributed by atoms with Crippen molar-refractivity contribution in [2.24, 2.45) is 11.8 Å². The molecule has 2 atom stereocenters. The zero-order valence-electron chi connectivity index (χ0n) is 11.2. The molecule has 0 aromatic heterocycles. The van der Waals surface area contributed by atoms with E-state index in [2.05, 4.69) is 10.3 Å². The molecule has 0 bridgehead atoms. The molecule has 0 saturated carbocycles. The number of nitrogen functional groups attached to an aromatic ring is 1. The topological polar surface area (TPSA) is 78.6 Å². The highest BCUT2D eigenvalue weighted by molar-refractivity contribution is 5.95. The molecule has 104 valence electrons. The third kappa shape index (κ3) is 3.32. The molecule has 4 N–H and O–H groups in total. The maximum absolute atomic E-state index is 11.7. The zero-order valence-corrected chi connectivity index (χ0v) is 11.2. The third-order valence-electron chi connectivity index (χ3n) is 3.78. The number of nitrogens with two attached hydrogens (primary N) is 1. The number of amides is 1. The van der Waals surface area contributed by atoms with Crippen molar-refractivity contribution in [3.63, 3.8) is 0 Å². The summed E-state index contributed by atoms with van der Waals surface area (Å²) < 4.78 is 0. The number of likely N-dealkylation sites (tertiary alicyclic amines) is 1. The van der Waals surface area contributed by atoms with Crippen molar-refractivity contribution in [3.8, 4) is 0 Å². The number of aliphatic hydroxyl groups is 1. The fourth-order valence-electron chi connectivity index (χ4n) is 2.60. The largest absolute Gasteiger partial charge is 0.393 e. The first kappa shape index (κ1) is 14.0. The molecule has 1 heterocycles. The lowest BCUT2D eigenvalue weighted by Crippen LogP contribution is -2.32. The molecule has 0 radical (unpaired) electrons. The lowest BCUT2D eigenvalue weighted by molar-refractivity contribution is 0.0951. The Kier molecular flexibility index (Phi) is 4.52. The predicted molar refractivity (Wildman–Crippen MR) is 73.2 cm³/mol. The molecule has 5 nitrogen and oxygen atoms in total. The van der Waals surface area contributed by atoms with Crippen LogP contribution in [0.15, 0.2) is 24.3 Å². The van der Waals surface area contributed by atoms with E-state index in [9.17, 15) is 9.90 Å². The van der Waals surface area contributed by atoms with Crippen molar-refractivity contribution in [2.45, 2.75) is 26.0 Å². The van der Waals surface area contributed by atoms with Crippen molar-refractivity contribution in [2.75, 3.05) is 13.1 Å². The average molecular weight is 263 g/mol. The molecular weight excluding hydrogens is 242 g/mol. The maximum Gasteiger partial charge on any atom is 0.265 e. The molecule has 0 aliphatic carbocycles. The van der Waals surface area contributed by atoms with Gasteiger partial charge in [-0.05, 0) is 37.4 Å². The summed E-state index contributed by atoms with van der Waals surface area (Å²) in [6, 6.07) is 7.47. The molecule has 0 spiro atoms. The number of hydrogen-bond acceptors (Lipinski definition) is 4. The standard InChI is InChI=1S/C14H21N3O2/c1-10(18)11-6-7-17(8-11)9-12-4-2-3-5-13(12)14(19)16-15/h2-5,10-11,18H,6-9,15H2,1H3,(H,16,19). The smallest absolute Gasteiger partial charge is 0.265 e. The van der Waals surface area contributed by atoms with Crippen LogP contribution in [0.4, 0.5) is 0 Å². The SMILES string of the molecule is CC(O)C1CCN(Cc2ccccc2C(=O)NN)C1. The number of hydrogen-bond donors (Lipinski definition) is 3. The second-order valence-electron chi connectivity index (χ2n) is 5.16. The van der Waals surface area contributed by atoms with Crippen molar-refractivity contribution < 1.29 is 9.90 Å². The average Bonchev–Trinajstić information content (AvgIpc) is 2.87. The van der Waals surface area contributed by atoms with E-state index >= 15 is 0 Å². The highest BCUT2D eigenvalue weighted by atomic mass is 16.3. The van der Waals surface area contributed by atoms with Crippen LogP contribution in [0.5, 0.6) is 0 Å². The molecule has 19 heavy (non-hydrogen) atoms. The monoisotopic (exact) mass is 263 g/mol. The van der Waals surface area contributed by atoms with Crippen molar-refractivity contribution in [1.82, 2.24) is 10.3 Å². The summed E-state index contributed by atoms with van der Waals surface area (Å²) in [5, 5.41) is 9.61. The Balaban J connectivity index is 2.06. The van der Waals surface area contributed by atoms with Crippen LogP contribution in [0.2, 0.25) is 0 Å². The Bertz CT molecular complexity index is 448. The van der Waals surface area contributed by atoms with Crippen LogP contribution in [0.3, 0.4) is 0 Å². The molecule has 1 saturated heterocycles. The van der Waals surface area contributed by atoms with E-state index < -0.39 is 0 Å². The minimum absolute atomic E-state index is 0.262. The van der Waals surface area contributed by atoms with Crippen LogP contribution in [-0.2, 0) is 6.54 Å². The summed E-state index contributed by atoms with van der Waals surface area (Å²) in [5.41, 5.74) is 3.76. The molecule has 2 unspecified atom stereocenters. The quantitative estimate of drug-likeness (QED) is 0.420. The van der Waals surface area contributed by atoms with Gasteiger partial charge in [-0.25, -0.2) is 5.84 Å². The van der Waals surface area contributed by atoms with Gasteiger partial charge in [-0.2, -0.15) is 0 Å². The minimum Gasteiger partial charge on any atom is -0.393 e. The molecule has 1 aliphatic heterocycles. The van der Waals surface area contributed by atoms with E-state index in [1.165, 1.54) is 0 Å². The second kappa shape index (κ2) is 6.14. The number of aliphatic hydroxyl groups excluding tert-OH is 1. The number of hydrazine groups is 1. The Hall–Kier alpha value is -1.43. The molecule has 1 fully saturated rings. The number of benzene rings is 1. The van der Waals surface area contributed by atoms with Gasteiger partial charge in [-0.1, -0.05) is 18.2 Å².